The fraction of sp³-hybridized carbons (Fsp3) is 0.875. The fourth-order valence-electron chi connectivity index (χ4n) is 1.38. The van der Waals surface area contributed by atoms with Crippen molar-refractivity contribution >= 4 is 11.8 Å². The van der Waals surface area contributed by atoms with E-state index in [1.807, 2.05) is 13.8 Å². The van der Waals surface area contributed by atoms with E-state index in [1.165, 1.54) is 7.11 Å². The minimum absolute atomic E-state index is 0.0549. The zero-order valence-corrected chi connectivity index (χ0v) is 15.7. The second kappa shape index (κ2) is 22.7. The van der Waals surface area contributed by atoms with E-state index in [0.29, 0.717) is 59.4 Å². The number of primary amides is 1. The van der Waals surface area contributed by atoms with Crippen LogP contribution in [0.1, 0.15) is 20.3 Å². The first-order chi connectivity index (χ1) is 12.2. The highest BCUT2D eigenvalue weighted by Gasteiger charge is 1.98. The van der Waals surface area contributed by atoms with Crippen LogP contribution in [-0.4, -0.2) is 84.9 Å². The third-order valence-electron chi connectivity index (χ3n) is 2.45. The van der Waals surface area contributed by atoms with Crippen molar-refractivity contribution in [1.29, 1.82) is 0 Å². The van der Waals surface area contributed by atoms with Gasteiger partial charge in [0.1, 0.15) is 6.61 Å². The van der Waals surface area contributed by atoms with Crippen molar-refractivity contribution in [3.05, 3.63) is 0 Å². The summed E-state index contributed by atoms with van der Waals surface area (Å²) in [7, 11) is 1.47. The molecule has 0 fully saturated rings. The molecule has 0 atom stereocenters. The molecule has 0 aromatic carbocycles. The van der Waals surface area contributed by atoms with Gasteiger partial charge < -0.3 is 34.7 Å². The first-order valence-electron chi connectivity index (χ1n) is 8.51. The highest BCUT2D eigenvalue weighted by molar-refractivity contribution is 5.77. The van der Waals surface area contributed by atoms with Crippen LogP contribution < -0.4 is 11.1 Å². The zero-order valence-electron chi connectivity index (χ0n) is 15.7. The minimum atomic E-state index is -0.376. The van der Waals surface area contributed by atoms with Crippen LogP contribution in [0.3, 0.4) is 0 Å². The van der Waals surface area contributed by atoms with Crippen molar-refractivity contribution in [2.24, 2.45) is 5.73 Å². The van der Waals surface area contributed by atoms with E-state index in [1.54, 1.807) is 0 Å². The zero-order chi connectivity index (χ0) is 19.2. The lowest BCUT2D eigenvalue weighted by Crippen LogP contribution is -2.30. The standard InChI is InChI=1S/C14H28N2O7.C2H6/c1-19-12-14(18)16-3-5-21-7-9-23-11-10-22-8-6-20-4-2-13(15)17;1-2/h2-12H2,1H3,(H2,15,17)(H,16,18);1-2H3. The lowest BCUT2D eigenvalue weighted by atomic mass is 10.4. The van der Waals surface area contributed by atoms with E-state index in [4.69, 9.17) is 24.7 Å². The molecular formula is C16H34N2O7. The summed E-state index contributed by atoms with van der Waals surface area (Å²) >= 11 is 0. The predicted molar refractivity (Wildman–Crippen MR) is 93.3 cm³/mol. The van der Waals surface area contributed by atoms with Crippen LogP contribution >= 0.6 is 0 Å². The molecule has 0 rings (SSSR count). The van der Waals surface area contributed by atoms with Crippen molar-refractivity contribution in [2.45, 2.75) is 20.3 Å². The Balaban J connectivity index is 0. The van der Waals surface area contributed by atoms with Gasteiger partial charge in [-0.25, -0.2) is 0 Å². The highest BCUT2D eigenvalue weighted by Crippen LogP contribution is 1.84. The maximum Gasteiger partial charge on any atom is 0.246 e. The Bertz CT molecular complexity index is 304. The summed E-state index contributed by atoms with van der Waals surface area (Å²) in [6.07, 6.45) is 0.221. The molecule has 150 valence electrons. The van der Waals surface area contributed by atoms with Crippen LogP contribution in [-0.2, 0) is 33.3 Å². The normalized spacial score (nSPS) is 10.0. The predicted octanol–water partition coefficient (Wildman–Crippen LogP) is -0.283. The molecule has 0 bridgehead atoms. The maximum absolute atomic E-state index is 11.0. The third kappa shape index (κ3) is 25.1. The van der Waals surface area contributed by atoms with Gasteiger partial charge in [-0.3, -0.25) is 9.59 Å². The van der Waals surface area contributed by atoms with Crippen molar-refractivity contribution in [2.75, 3.05) is 73.1 Å². The molecule has 0 saturated heterocycles. The number of rotatable bonds is 17. The number of nitrogens with two attached hydrogens (primary N) is 1. The Morgan fingerprint density at radius 1 is 0.800 bits per heavy atom. The Morgan fingerprint density at radius 2 is 1.24 bits per heavy atom. The molecule has 0 heterocycles. The van der Waals surface area contributed by atoms with E-state index in [-0.39, 0.29) is 24.8 Å². The largest absolute Gasteiger partial charge is 0.379 e. The average molecular weight is 366 g/mol. The molecule has 9 heteroatoms. The Hall–Kier alpha value is -1.26. The van der Waals surface area contributed by atoms with Crippen molar-refractivity contribution in [3.8, 4) is 0 Å². The molecular weight excluding hydrogens is 332 g/mol. The number of hydrogen-bond acceptors (Lipinski definition) is 7. The molecule has 0 aromatic heterocycles. The molecule has 0 spiro atoms. The van der Waals surface area contributed by atoms with Gasteiger partial charge >= 0.3 is 0 Å². The lowest BCUT2D eigenvalue weighted by Gasteiger charge is -2.08. The first-order valence-corrected chi connectivity index (χ1v) is 8.51. The summed E-state index contributed by atoms with van der Waals surface area (Å²) in [6, 6.07) is 0. The van der Waals surface area contributed by atoms with E-state index in [2.05, 4.69) is 10.1 Å². The lowest BCUT2D eigenvalue weighted by molar-refractivity contribution is -0.125. The molecule has 2 amide bonds. The maximum atomic E-state index is 11.0. The van der Waals surface area contributed by atoms with E-state index < -0.39 is 0 Å². The summed E-state index contributed by atoms with van der Waals surface area (Å²) in [5.41, 5.74) is 4.96. The van der Waals surface area contributed by atoms with Gasteiger partial charge in [0.05, 0.1) is 52.9 Å². The van der Waals surface area contributed by atoms with Gasteiger partial charge in [0.25, 0.3) is 0 Å². The molecule has 0 aliphatic rings. The molecule has 0 radical (unpaired) electrons. The van der Waals surface area contributed by atoms with Crippen LogP contribution in [0, 0.1) is 0 Å². The smallest absolute Gasteiger partial charge is 0.246 e. The Morgan fingerprint density at radius 3 is 1.68 bits per heavy atom. The van der Waals surface area contributed by atoms with Gasteiger partial charge in [-0.15, -0.1) is 0 Å². The number of methoxy groups -OCH3 is 1. The number of carbonyl (C=O) groups excluding carboxylic acids is 2. The summed E-state index contributed by atoms with van der Waals surface area (Å²) in [5.74, 6) is -0.540. The molecule has 0 unspecified atom stereocenters. The second-order valence-corrected chi connectivity index (χ2v) is 4.45. The molecule has 0 aliphatic heterocycles. The molecule has 25 heavy (non-hydrogen) atoms. The number of ether oxygens (including phenoxy) is 5. The van der Waals surface area contributed by atoms with Gasteiger partial charge in [0.2, 0.25) is 11.8 Å². The summed E-state index contributed by atoms with van der Waals surface area (Å²) < 4.78 is 25.6. The number of hydrogen-bond donors (Lipinski definition) is 2. The molecule has 9 nitrogen and oxygen atoms in total. The van der Waals surface area contributed by atoms with Crippen molar-refractivity contribution in [1.82, 2.24) is 5.32 Å². The second-order valence-electron chi connectivity index (χ2n) is 4.45. The number of carbonyl (C=O) groups is 2. The molecule has 0 saturated carbocycles. The van der Waals surface area contributed by atoms with Crippen molar-refractivity contribution < 1.29 is 33.3 Å². The van der Waals surface area contributed by atoms with Crippen LogP contribution in [0.15, 0.2) is 0 Å². The quantitative estimate of drug-likeness (QED) is 0.340. The molecule has 0 aliphatic carbocycles. The van der Waals surface area contributed by atoms with Gasteiger partial charge in [-0.05, 0) is 0 Å². The Labute approximate surface area is 150 Å². The number of amides is 2. The fourth-order valence-corrected chi connectivity index (χ4v) is 1.38. The van der Waals surface area contributed by atoms with E-state index in [9.17, 15) is 9.59 Å². The number of nitrogens with one attached hydrogen (secondary N) is 1. The van der Waals surface area contributed by atoms with E-state index >= 15 is 0 Å². The van der Waals surface area contributed by atoms with Gasteiger partial charge in [-0.1, -0.05) is 13.8 Å². The summed E-state index contributed by atoms with van der Waals surface area (Å²) in [4.78, 5) is 21.5. The summed E-state index contributed by atoms with van der Waals surface area (Å²) in [5, 5.41) is 2.64. The van der Waals surface area contributed by atoms with Crippen LogP contribution in [0.2, 0.25) is 0 Å². The van der Waals surface area contributed by atoms with Gasteiger partial charge in [-0.2, -0.15) is 0 Å². The van der Waals surface area contributed by atoms with Gasteiger partial charge in [0.15, 0.2) is 0 Å². The van der Waals surface area contributed by atoms with Gasteiger partial charge in [0, 0.05) is 20.1 Å². The average Bonchev–Trinajstić information content (AvgIpc) is 2.60. The van der Waals surface area contributed by atoms with Crippen LogP contribution in [0.4, 0.5) is 0 Å². The monoisotopic (exact) mass is 366 g/mol. The van der Waals surface area contributed by atoms with Crippen LogP contribution in [0.5, 0.6) is 0 Å². The Kier molecular flexibility index (Phi) is 23.6. The third-order valence-corrected chi connectivity index (χ3v) is 2.45. The van der Waals surface area contributed by atoms with Crippen LogP contribution in [0.25, 0.3) is 0 Å². The molecule has 3 N–H and O–H groups in total. The first kappa shape index (κ1) is 26.0. The topological polar surface area (TPSA) is 118 Å². The highest BCUT2D eigenvalue weighted by atomic mass is 16.6. The van der Waals surface area contributed by atoms with E-state index in [0.717, 1.165) is 0 Å². The minimum Gasteiger partial charge on any atom is -0.379 e. The molecule has 0 aromatic rings. The summed E-state index contributed by atoms with van der Waals surface area (Å²) in [6.45, 7) is 7.96. The SMILES string of the molecule is CC.COCC(=O)NCCOCCOCCOCCOCCC(N)=O. The van der Waals surface area contributed by atoms with Crippen molar-refractivity contribution in [3.63, 3.8) is 0 Å².